The highest BCUT2D eigenvalue weighted by atomic mass is 16.3. The molecule has 1 aliphatic heterocycles. The van der Waals surface area contributed by atoms with Gasteiger partial charge in [-0.05, 0) is 88.1 Å². The number of nitrogens with zero attached hydrogens (tertiary/aromatic N) is 5. The minimum atomic E-state index is -0.398. The van der Waals surface area contributed by atoms with Gasteiger partial charge in [-0.25, -0.2) is 9.98 Å². The largest absolute Gasteiger partial charge is 0.455 e. The van der Waals surface area contributed by atoms with Gasteiger partial charge in [-0.15, -0.1) is 0 Å². The maximum atomic E-state index is 7.08. The molecule has 1 aliphatic rings. The zero-order valence-corrected chi connectivity index (χ0v) is 37.1. The van der Waals surface area contributed by atoms with E-state index < -0.39 is 6.17 Å². The lowest BCUT2D eigenvalue weighted by Crippen LogP contribution is -2.35. The third-order valence-corrected chi connectivity index (χ3v) is 14.0. The Morgan fingerprint density at radius 2 is 1.07 bits per heavy atom. The van der Waals surface area contributed by atoms with Gasteiger partial charge in [0.25, 0.3) is 0 Å². The molecule has 0 N–H and O–H groups in total. The summed E-state index contributed by atoms with van der Waals surface area (Å²) in [5.41, 5.74) is 13.5. The summed E-state index contributed by atoms with van der Waals surface area (Å²) < 4.78 is 11.9. The number of hydrogen-bond acceptors (Lipinski definition) is 4. The summed E-state index contributed by atoms with van der Waals surface area (Å²) in [6, 6.07) is 80.0. The molecule has 320 valence electrons. The maximum Gasteiger partial charge on any atom is 0.160 e. The predicted molar refractivity (Wildman–Crippen MR) is 282 cm³/mol. The standard InChI is InChI=1S/C62H41N5O/c1-65-61(41-33-31-40(32-34-41)39-17-4-2-5-18-39)63-60(48-26-16-29-53-57(48)46-24-11-14-28-52(46)66(53)44-21-6-3-7-22-44)64-62(65)49-35-36-54(58-47-25-12-15-30-56(47)68-59(49)58)67-51-27-13-10-23-45(51)50-37-42-19-8-9-20-43(42)38-55(50)67/h2-38,61H,1H3. The Morgan fingerprint density at radius 1 is 0.441 bits per heavy atom. The Labute approximate surface area is 391 Å². The van der Waals surface area contributed by atoms with Crippen LogP contribution < -0.4 is 0 Å². The first-order valence-corrected chi connectivity index (χ1v) is 23.2. The Kier molecular flexibility index (Phi) is 8.46. The van der Waals surface area contributed by atoms with E-state index in [0.29, 0.717) is 5.84 Å². The van der Waals surface area contributed by atoms with Gasteiger partial charge in [-0.2, -0.15) is 0 Å². The second kappa shape index (κ2) is 15.0. The van der Waals surface area contributed by atoms with Gasteiger partial charge >= 0.3 is 0 Å². The fraction of sp³-hybridized carbons (Fsp3) is 0.0323. The van der Waals surface area contributed by atoms with Crippen molar-refractivity contribution >= 4 is 88.0 Å². The molecule has 0 saturated carbocycles. The fourth-order valence-electron chi connectivity index (χ4n) is 10.8. The van der Waals surface area contributed by atoms with Crippen LogP contribution in [0, 0.1) is 0 Å². The van der Waals surface area contributed by atoms with Crippen LogP contribution in [0.5, 0.6) is 0 Å². The summed E-state index contributed by atoms with van der Waals surface area (Å²) in [4.78, 5) is 13.5. The SMILES string of the molecule is CN1C(c2ccc(-n3c4ccccc4c4cc5ccccc5cc43)c3c2oc2ccccc23)=NC(c2cccc3c2c2ccccc2n3-c2ccccc2)=NC1c1ccc(-c2ccccc2)cc1. The average Bonchev–Trinajstić information content (AvgIpc) is 4.07. The molecule has 3 aromatic heterocycles. The molecule has 14 rings (SSSR count). The molecule has 0 saturated heterocycles. The van der Waals surface area contributed by atoms with Gasteiger partial charge in [0, 0.05) is 45.2 Å². The van der Waals surface area contributed by atoms with Crippen LogP contribution in [0.3, 0.4) is 0 Å². The van der Waals surface area contributed by atoms with Crippen molar-refractivity contribution in [2.75, 3.05) is 7.05 Å². The maximum absolute atomic E-state index is 7.08. The minimum absolute atomic E-state index is 0.398. The highest BCUT2D eigenvalue weighted by Crippen LogP contribution is 2.43. The van der Waals surface area contributed by atoms with Crippen molar-refractivity contribution in [1.82, 2.24) is 14.0 Å². The molecular formula is C62H41N5O. The zero-order chi connectivity index (χ0) is 44.9. The lowest BCUT2D eigenvalue weighted by molar-refractivity contribution is 0.383. The summed E-state index contributed by atoms with van der Waals surface area (Å²) in [5, 5.41) is 9.18. The van der Waals surface area contributed by atoms with Crippen LogP contribution in [0.25, 0.3) is 98.8 Å². The number of aromatic nitrogens is 2. The van der Waals surface area contributed by atoms with Crippen molar-refractivity contribution in [1.29, 1.82) is 0 Å². The van der Waals surface area contributed by atoms with Crippen LogP contribution in [0.2, 0.25) is 0 Å². The third kappa shape index (κ3) is 5.77. The number of amidine groups is 2. The Hall–Kier alpha value is -9.00. The number of benzene rings is 10. The second-order valence-corrected chi connectivity index (χ2v) is 17.8. The molecule has 6 nitrogen and oxygen atoms in total. The van der Waals surface area contributed by atoms with Gasteiger partial charge in [0.05, 0.1) is 38.7 Å². The quantitative estimate of drug-likeness (QED) is 0.167. The van der Waals surface area contributed by atoms with Gasteiger partial charge in [0.2, 0.25) is 0 Å². The van der Waals surface area contributed by atoms with E-state index >= 15 is 0 Å². The monoisotopic (exact) mass is 871 g/mol. The first-order valence-electron chi connectivity index (χ1n) is 23.2. The van der Waals surface area contributed by atoms with Crippen LogP contribution in [-0.4, -0.2) is 32.8 Å². The van der Waals surface area contributed by atoms with E-state index in [1.165, 1.54) is 27.1 Å². The number of rotatable bonds is 6. The normalized spacial score (nSPS) is 14.2. The second-order valence-electron chi connectivity index (χ2n) is 17.8. The molecule has 68 heavy (non-hydrogen) atoms. The van der Waals surface area contributed by atoms with E-state index in [0.717, 1.165) is 94.2 Å². The molecule has 0 fully saturated rings. The number of hydrogen-bond donors (Lipinski definition) is 0. The molecule has 1 unspecified atom stereocenters. The molecule has 1 atom stereocenters. The van der Waals surface area contributed by atoms with Crippen molar-refractivity contribution in [2.24, 2.45) is 9.98 Å². The summed E-state index contributed by atoms with van der Waals surface area (Å²) >= 11 is 0. The molecule has 0 radical (unpaired) electrons. The van der Waals surface area contributed by atoms with Gasteiger partial charge in [-0.1, -0.05) is 164 Å². The molecule has 4 heterocycles. The minimum Gasteiger partial charge on any atom is -0.455 e. The van der Waals surface area contributed by atoms with Crippen molar-refractivity contribution in [3.8, 4) is 22.5 Å². The number of aliphatic imine (C=N–C) groups is 2. The Bertz CT molecular complexity index is 4210. The van der Waals surface area contributed by atoms with Crippen LogP contribution in [0.4, 0.5) is 0 Å². The van der Waals surface area contributed by atoms with E-state index in [1.54, 1.807) is 0 Å². The first kappa shape index (κ1) is 38.3. The molecule has 0 bridgehead atoms. The highest BCUT2D eigenvalue weighted by Gasteiger charge is 2.31. The highest BCUT2D eigenvalue weighted by molar-refractivity contribution is 6.26. The lowest BCUT2D eigenvalue weighted by atomic mass is 10.0. The summed E-state index contributed by atoms with van der Waals surface area (Å²) in [6.07, 6.45) is -0.398. The van der Waals surface area contributed by atoms with Gasteiger partial charge in [0.15, 0.2) is 5.84 Å². The van der Waals surface area contributed by atoms with Crippen LogP contribution >= 0.6 is 0 Å². The molecule has 0 aliphatic carbocycles. The lowest BCUT2D eigenvalue weighted by Gasteiger charge is -2.32. The molecular weight excluding hydrogens is 831 g/mol. The Morgan fingerprint density at radius 3 is 1.87 bits per heavy atom. The van der Waals surface area contributed by atoms with Crippen molar-refractivity contribution in [3.05, 3.63) is 241 Å². The van der Waals surface area contributed by atoms with Crippen molar-refractivity contribution in [3.63, 3.8) is 0 Å². The molecule has 13 aromatic rings. The molecule has 6 heteroatoms. The third-order valence-electron chi connectivity index (χ3n) is 14.0. The predicted octanol–water partition coefficient (Wildman–Crippen LogP) is 15.4. The average molecular weight is 872 g/mol. The fourth-order valence-corrected chi connectivity index (χ4v) is 10.8. The van der Waals surface area contributed by atoms with E-state index in [4.69, 9.17) is 14.4 Å². The summed E-state index contributed by atoms with van der Waals surface area (Å²) in [7, 11) is 2.11. The van der Waals surface area contributed by atoms with Gasteiger partial charge in [-0.3, -0.25) is 0 Å². The topological polar surface area (TPSA) is 51.0 Å². The van der Waals surface area contributed by atoms with E-state index in [9.17, 15) is 0 Å². The van der Waals surface area contributed by atoms with E-state index in [1.807, 2.05) is 6.07 Å². The smallest absolute Gasteiger partial charge is 0.160 e. The van der Waals surface area contributed by atoms with Crippen molar-refractivity contribution in [2.45, 2.75) is 6.17 Å². The molecule has 10 aromatic carbocycles. The van der Waals surface area contributed by atoms with Crippen LogP contribution in [0.15, 0.2) is 239 Å². The van der Waals surface area contributed by atoms with Crippen LogP contribution in [0.1, 0.15) is 22.9 Å². The van der Waals surface area contributed by atoms with Gasteiger partial charge in [0.1, 0.15) is 23.2 Å². The van der Waals surface area contributed by atoms with E-state index in [2.05, 4.69) is 239 Å². The zero-order valence-electron chi connectivity index (χ0n) is 37.1. The summed E-state index contributed by atoms with van der Waals surface area (Å²) in [5.74, 6) is 1.44. The number of fused-ring (bicyclic) bond motifs is 10. The Balaban J connectivity index is 1.02. The van der Waals surface area contributed by atoms with E-state index in [-0.39, 0.29) is 0 Å². The number of furan rings is 1. The molecule has 0 amide bonds. The summed E-state index contributed by atoms with van der Waals surface area (Å²) in [6.45, 7) is 0. The first-order chi connectivity index (χ1) is 33.7. The van der Waals surface area contributed by atoms with Crippen LogP contribution in [-0.2, 0) is 0 Å². The van der Waals surface area contributed by atoms with Gasteiger partial charge < -0.3 is 18.5 Å². The molecule has 0 spiro atoms. The van der Waals surface area contributed by atoms with Crippen molar-refractivity contribution < 1.29 is 4.42 Å². The number of para-hydroxylation sites is 4.